The van der Waals surface area contributed by atoms with Gasteiger partial charge in [0.1, 0.15) is 24.6 Å². The summed E-state index contributed by atoms with van der Waals surface area (Å²) in [5.74, 6) is -0.549. The van der Waals surface area contributed by atoms with Crippen LogP contribution in [-0.2, 0) is 30.5 Å². The fourth-order valence-corrected chi connectivity index (χ4v) is 6.95. The number of Topliss-reactive ketones (excluding diaryl/α,β-unsaturated/α-hetero) is 1. The van der Waals surface area contributed by atoms with E-state index in [0.29, 0.717) is 10.8 Å². The Labute approximate surface area is 197 Å². The van der Waals surface area contributed by atoms with Gasteiger partial charge in [0, 0.05) is 64.7 Å². The summed E-state index contributed by atoms with van der Waals surface area (Å²) in [7, 11) is 0. The molecule has 0 saturated heterocycles. The monoisotopic (exact) mass is 456 g/mol. The van der Waals surface area contributed by atoms with E-state index < -0.39 is 0 Å². The van der Waals surface area contributed by atoms with Gasteiger partial charge >= 0.3 is 0 Å². The van der Waals surface area contributed by atoms with Crippen LogP contribution in [0.3, 0.4) is 0 Å². The average Bonchev–Trinajstić information content (AvgIpc) is 2.85. The normalized spacial score (nSPS) is 22.4. The molecule has 6 heteroatoms. The summed E-state index contributed by atoms with van der Waals surface area (Å²) >= 11 is 0. The summed E-state index contributed by atoms with van der Waals surface area (Å²) in [5, 5.41) is 37.2. The second-order valence-corrected chi connectivity index (χ2v) is 10.3. The van der Waals surface area contributed by atoms with E-state index >= 15 is 0 Å². The van der Waals surface area contributed by atoms with E-state index in [-0.39, 0.29) is 34.2 Å². The Morgan fingerprint density at radius 1 is 0.824 bits per heavy atom. The summed E-state index contributed by atoms with van der Waals surface area (Å²) in [6, 6.07) is 3.73. The number of anilines is 1. The molecule has 0 unspecified atom stereocenters. The first-order valence-electron chi connectivity index (χ1n) is 12.6. The van der Waals surface area contributed by atoms with Crippen molar-refractivity contribution in [2.45, 2.75) is 51.4 Å². The number of phenols is 2. The molecule has 0 aromatic heterocycles. The highest BCUT2D eigenvalue weighted by Crippen LogP contribution is 2.47. The standard InChI is InChI=1S/C28H28N2O4/c31-25-17-7-3-11-29-9-1-5-15(23(17)29)13-19(25)21-27(33)22(28(21)34)20-14-16-6-2-10-30-12-4-8-18(24(16)30)26(20)32/h13-14H,1-12H2,(H2,31,32,33,34). The number of phenolic OH excluding ortho intramolecular Hbond substituents is 2. The predicted octanol–water partition coefficient (Wildman–Crippen LogP) is 0.685. The maximum Gasteiger partial charge on any atom is 0.210 e. The minimum Gasteiger partial charge on any atom is -0.871 e. The van der Waals surface area contributed by atoms with Gasteiger partial charge in [0.15, 0.2) is 5.78 Å². The lowest BCUT2D eigenvalue weighted by atomic mass is 9.78. The number of nitrogens with zero attached hydrogens (tertiary/aromatic N) is 2. The Morgan fingerprint density at radius 3 is 2.32 bits per heavy atom. The maximum atomic E-state index is 13.4. The molecule has 0 bridgehead atoms. The summed E-state index contributed by atoms with van der Waals surface area (Å²) in [6.45, 7) is 3.95. The molecule has 7 rings (SSSR count). The Balaban J connectivity index is 1.44. The van der Waals surface area contributed by atoms with Crippen molar-refractivity contribution in [1.29, 1.82) is 0 Å². The summed E-state index contributed by atoms with van der Waals surface area (Å²) in [6.07, 6.45) is 7.30. The van der Waals surface area contributed by atoms with Gasteiger partial charge in [-0.2, -0.15) is 0 Å². The number of rotatable bonds is 1. The zero-order valence-electron chi connectivity index (χ0n) is 19.2. The fraction of sp³-hybridized carbons (Fsp3) is 0.429. The highest BCUT2D eigenvalue weighted by Gasteiger charge is 2.36. The lowest BCUT2D eigenvalue weighted by Crippen LogP contribution is -2.45. The van der Waals surface area contributed by atoms with Crippen molar-refractivity contribution in [3.05, 3.63) is 56.3 Å². The predicted molar refractivity (Wildman–Crippen MR) is 127 cm³/mol. The molecule has 0 amide bonds. The lowest BCUT2D eigenvalue weighted by Gasteiger charge is -2.39. The molecular weight excluding hydrogens is 428 g/mol. The smallest absolute Gasteiger partial charge is 0.210 e. The van der Waals surface area contributed by atoms with Crippen LogP contribution in [-0.4, -0.2) is 42.2 Å². The van der Waals surface area contributed by atoms with Crippen LogP contribution < -0.4 is 25.2 Å². The molecule has 0 spiro atoms. The number of carbonyl (C=O) groups excluding carboxylic acids is 1. The van der Waals surface area contributed by atoms with Crippen molar-refractivity contribution in [3.8, 4) is 11.5 Å². The highest BCUT2D eigenvalue weighted by atomic mass is 16.3. The summed E-state index contributed by atoms with van der Waals surface area (Å²) in [5.41, 5.74) is 5.62. The molecule has 0 saturated carbocycles. The highest BCUT2D eigenvalue weighted by molar-refractivity contribution is 6.51. The van der Waals surface area contributed by atoms with Gasteiger partial charge in [-0.05, 0) is 56.2 Å². The van der Waals surface area contributed by atoms with Gasteiger partial charge in [-0.3, -0.25) is 4.79 Å². The van der Waals surface area contributed by atoms with Crippen LogP contribution in [0.4, 0.5) is 5.69 Å². The second kappa shape index (κ2) is 7.11. The van der Waals surface area contributed by atoms with E-state index in [9.17, 15) is 20.1 Å². The molecule has 174 valence electrons. The van der Waals surface area contributed by atoms with Gasteiger partial charge in [-0.15, -0.1) is 0 Å². The molecule has 4 heterocycles. The van der Waals surface area contributed by atoms with Gasteiger partial charge in [0.2, 0.25) is 5.36 Å². The molecule has 1 aliphatic carbocycles. The van der Waals surface area contributed by atoms with Gasteiger partial charge in [0.05, 0.1) is 5.56 Å². The van der Waals surface area contributed by atoms with Gasteiger partial charge in [-0.25, -0.2) is 4.58 Å². The number of allylic oxidation sites excluding steroid dienone is 2. The van der Waals surface area contributed by atoms with Crippen LogP contribution in [0.2, 0.25) is 0 Å². The minimum absolute atomic E-state index is 0.0710. The van der Waals surface area contributed by atoms with Crippen LogP contribution in [0.25, 0.3) is 11.1 Å². The second-order valence-electron chi connectivity index (χ2n) is 10.3. The molecule has 6 nitrogen and oxygen atoms in total. The van der Waals surface area contributed by atoms with Crippen molar-refractivity contribution < 1.29 is 20.1 Å². The third-order valence-electron chi connectivity index (χ3n) is 8.44. The van der Waals surface area contributed by atoms with Crippen molar-refractivity contribution in [2.75, 3.05) is 31.1 Å². The molecular formula is C28H28N2O4. The number of benzene rings is 2. The molecule has 2 aromatic rings. The van der Waals surface area contributed by atoms with Crippen molar-refractivity contribution >= 4 is 22.6 Å². The van der Waals surface area contributed by atoms with Gasteiger partial charge in [-0.1, -0.05) is 5.76 Å². The third kappa shape index (κ3) is 2.57. The molecule has 34 heavy (non-hydrogen) atoms. The Kier molecular flexibility index (Phi) is 4.21. The lowest BCUT2D eigenvalue weighted by molar-refractivity contribution is -0.293. The summed E-state index contributed by atoms with van der Waals surface area (Å²) < 4.78 is 2.33. The van der Waals surface area contributed by atoms with Crippen LogP contribution in [0.15, 0.2) is 17.9 Å². The topological polar surface area (TPSA) is 86.8 Å². The maximum absolute atomic E-state index is 13.4. The first-order valence-corrected chi connectivity index (χ1v) is 12.6. The minimum atomic E-state index is -0.359. The Bertz CT molecular complexity index is 1460. The number of ketones is 1. The largest absolute Gasteiger partial charge is 0.871 e. The average molecular weight is 457 g/mol. The molecule has 0 radical (unpaired) electrons. The van der Waals surface area contributed by atoms with Crippen molar-refractivity contribution in [1.82, 2.24) is 4.58 Å². The zero-order chi connectivity index (χ0) is 23.1. The van der Waals surface area contributed by atoms with Crippen LogP contribution >= 0.6 is 0 Å². The number of aryl methyl sites for hydroxylation is 2. The molecule has 5 aliphatic rings. The number of aromatic hydroxyl groups is 2. The molecule has 2 aromatic carbocycles. The van der Waals surface area contributed by atoms with Gasteiger partial charge < -0.3 is 20.2 Å². The number of hydrogen-bond acceptors (Lipinski definition) is 5. The van der Waals surface area contributed by atoms with E-state index in [4.69, 9.17) is 0 Å². The van der Waals surface area contributed by atoms with E-state index in [0.717, 1.165) is 111 Å². The first kappa shape index (κ1) is 20.1. The van der Waals surface area contributed by atoms with Crippen LogP contribution in [0.1, 0.15) is 53.5 Å². The third-order valence-corrected chi connectivity index (χ3v) is 8.44. The zero-order valence-corrected chi connectivity index (χ0v) is 19.2. The van der Waals surface area contributed by atoms with E-state index in [2.05, 4.69) is 9.48 Å². The molecule has 4 aliphatic heterocycles. The van der Waals surface area contributed by atoms with Crippen LogP contribution in [0.5, 0.6) is 11.5 Å². The molecule has 0 fully saturated rings. The van der Waals surface area contributed by atoms with Crippen molar-refractivity contribution in [3.63, 3.8) is 0 Å². The molecule has 2 N–H and O–H groups in total. The van der Waals surface area contributed by atoms with E-state index in [1.54, 1.807) is 0 Å². The van der Waals surface area contributed by atoms with Crippen LogP contribution in [0, 0.1) is 0 Å². The van der Waals surface area contributed by atoms with Crippen molar-refractivity contribution in [2.24, 2.45) is 0 Å². The SMILES string of the molecule is O=C1C(c2cc3c4c(c2O)CCCN4CCC3)=C([O-])/C1=c1\cc2c3c(c1O)CCC[N+]=3CCC2. The Hall–Kier alpha value is -3.28. The fourth-order valence-electron chi connectivity index (χ4n) is 6.95. The van der Waals surface area contributed by atoms with E-state index in [1.807, 2.05) is 12.1 Å². The quantitative estimate of drug-likeness (QED) is 0.617. The number of carbonyl (C=O) groups is 1. The summed E-state index contributed by atoms with van der Waals surface area (Å²) in [4.78, 5) is 15.8. The Morgan fingerprint density at radius 2 is 1.53 bits per heavy atom. The first-order chi connectivity index (χ1) is 16.5. The van der Waals surface area contributed by atoms with Gasteiger partial charge in [0.25, 0.3) is 0 Å². The van der Waals surface area contributed by atoms with E-state index in [1.165, 1.54) is 0 Å². The number of hydrogen-bond donors (Lipinski definition) is 2. The molecule has 0 atom stereocenters.